The Labute approximate surface area is 152 Å². The number of aromatic nitrogens is 2. The average Bonchev–Trinajstić information content (AvgIpc) is 2.61. The Morgan fingerprint density at radius 2 is 2.08 bits per heavy atom. The van der Waals surface area contributed by atoms with Crippen LogP contribution >= 0.6 is 11.6 Å². The van der Waals surface area contributed by atoms with Crippen molar-refractivity contribution in [3.8, 4) is 11.3 Å². The summed E-state index contributed by atoms with van der Waals surface area (Å²) >= 11 is 6.13. The predicted octanol–water partition coefficient (Wildman–Crippen LogP) is 4.73. The topological polar surface area (TPSA) is 54.9 Å². The lowest BCUT2D eigenvalue weighted by atomic mass is 10.0. The summed E-state index contributed by atoms with van der Waals surface area (Å²) in [5.41, 5.74) is 2.90. The summed E-state index contributed by atoms with van der Waals surface area (Å²) in [5.74, 6) is 0.426. The van der Waals surface area contributed by atoms with E-state index in [1.54, 1.807) is 30.6 Å². The first-order valence-electron chi connectivity index (χ1n) is 8.33. The molecule has 25 heavy (non-hydrogen) atoms. The summed E-state index contributed by atoms with van der Waals surface area (Å²) in [6.07, 6.45) is 4.39. The van der Waals surface area contributed by atoms with Crippen molar-refractivity contribution in [3.05, 3.63) is 59.4 Å². The van der Waals surface area contributed by atoms with Crippen LogP contribution in [0.1, 0.15) is 30.6 Å². The van der Waals surface area contributed by atoms with Crippen LogP contribution in [0.15, 0.2) is 48.8 Å². The van der Waals surface area contributed by atoms with Gasteiger partial charge in [0.05, 0.1) is 16.8 Å². The second-order valence-electron chi connectivity index (χ2n) is 6.40. The number of rotatable bonds is 5. The zero-order chi connectivity index (χ0) is 17.8. The second-order valence-corrected chi connectivity index (χ2v) is 6.83. The van der Waals surface area contributed by atoms with Crippen molar-refractivity contribution in [2.45, 2.75) is 20.3 Å². The monoisotopic (exact) mass is 353 g/mol. The molecule has 3 rings (SSSR count). The van der Waals surface area contributed by atoms with Crippen LogP contribution in [-0.2, 0) is 0 Å². The molecule has 0 fully saturated rings. The molecule has 2 heterocycles. The second kappa shape index (κ2) is 7.62. The Balaban J connectivity index is 2.04. The number of nitrogens with one attached hydrogen (secondary N) is 1. The number of hydrogen-bond acceptors (Lipinski definition) is 3. The van der Waals surface area contributed by atoms with Gasteiger partial charge in [-0.15, -0.1) is 0 Å². The van der Waals surface area contributed by atoms with E-state index in [1.807, 2.05) is 18.2 Å². The molecular weight excluding hydrogens is 334 g/mol. The third-order valence-electron chi connectivity index (χ3n) is 3.98. The largest absolute Gasteiger partial charge is 0.352 e. The van der Waals surface area contributed by atoms with E-state index in [4.69, 9.17) is 11.6 Å². The number of hydrogen-bond donors (Lipinski definition) is 1. The molecule has 0 bridgehead atoms. The fraction of sp³-hybridized carbons (Fsp3) is 0.250. The van der Waals surface area contributed by atoms with E-state index in [1.165, 1.54) is 0 Å². The standard InChI is InChI=1S/C20H20ClN3O/c1-13(2)7-9-23-20(25)17-11-19(14-4-3-8-22-12-14)24-18-6-5-15(21)10-16(17)18/h3-6,8,10-13H,7,9H2,1-2H3,(H,23,25). The van der Waals surface area contributed by atoms with E-state index < -0.39 is 0 Å². The normalized spacial score (nSPS) is 11.0. The molecule has 0 aliphatic carbocycles. The van der Waals surface area contributed by atoms with Crippen LogP contribution in [0, 0.1) is 5.92 Å². The van der Waals surface area contributed by atoms with Crippen LogP contribution in [0.25, 0.3) is 22.2 Å². The molecule has 0 atom stereocenters. The van der Waals surface area contributed by atoms with Crippen LogP contribution in [0.3, 0.4) is 0 Å². The van der Waals surface area contributed by atoms with Crippen LogP contribution in [0.5, 0.6) is 0 Å². The summed E-state index contributed by atoms with van der Waals surface area (Å²) in [6.45, 7) is 4.91. The van der Waals surface area contributed by atoms with E-state index >= 15 is 0 Å². The highest BCUT2D eigenvalue weighted by Gasteiger charge is 2.14. The Hall–Kier alpha value is -2.46. The Morgan fingerprint density at radius 1 is 1.24 bits per heavy atom. The first-order chi connectivity index (χ1) is 12.0. The number of carbonyl (C=O) groups excluding carboxylic acids is 1. The van der Waals surface area contributed by atoms with Gasteiger partial charge in [-0.25, -0.2) is 4.98 Å². The molecule has 0 saturated carbocycles. The fourth-order valence-corrected chi connectivity index (χ4v) is 2.79. The molecule has 0 aliphatic rings. The Bertz CT molecular complexity index is 894. The molecule has 2 aromatic heterocycles. The summed E-state index contributed by atoms with van der Waals surface area (Å²) in [4.78, 5) is 21.5. The number of benzene rings is 1. The minimum atomic E-state index is -0.111. The molecule has 0 saturated heterocycles. The molecule has 0 spiro atoms. The molecular formula is C20H20ClN3O. The minimum absolute atomic E-state index is 0.111. The molecule has 0 unspecified atom stereocenters. The fourth-order valence-electron chi connectivity index (χ4n) is 2.62. The van der Waals surface area contributed by atoms with Gasteiger partial charge >= 0.3 is 0 Å². The quantitative estimate of drug-likeness (QED) is 0.721. The van der Waals surface area contributed by atoms with Crippen molar-refractivity contribution in [1.29, 1.82) is 0 Å². The van der Waals surface area contributed by atoms with Gasteiger partial charge < -0.3 is 5.32 Å². The lowest BCUT2D eigenvalue weighted by molar-refractivity contribution is 0.0953. The van der Waals surface area contributed by atoms with Gasteiger partial charge in [-0.3, -0.25) is 9.78 Å². The summed E-state index contributed by atoms with van der Waals surface area (Å²) < 4.78 is 0. The first-order valence-corrected chi connectivity index (χ1v) is 8.71. The summed E-state index contributed by atoms with van der Waals surface area (Å²) in [6, 6.07) is 11.0. The molecule has 0 radical (unpaired) electrons. The average molecular weight is 354 g/mol. The molecule has 1 aromatic carbocycles. The van der Waals surface area contributed by atoms with Crippen LogP contribution in [0.2, 0.25) is 5.02 Å². The van der Waals surface area contributed by atoms with Crippen LogP contribution < -0.4 is 5.32 Å². The van der Waals surface area contributed by atoms with Crippen molar-refractivity contribution in [3.63, 3.8) is 0 Å². The van der Waals surface area contributed by atoms with Gasteiger partial charge in [-0.1, -0.05) is 25.4 Å². The maximum absolute atomic E-state index is 12.7. The zero-order valence-corrected chi connectivity index (χ0v) is 15.0. The van der Waals surface area contributed by atoms with E-state index in [-0.39, 0.29) is 5.91 Å². The maximum Gasteiger partial charge on any atom is 0.252 e. The van der Waals surface area contributed by atoms with Crippen LogP contribution in [-0.4, -0.2) is 22.4 Å². The van der Waals surface area contributed by atoms with E-state index in [0.29, 0.717) is 23.0 Å². The highest BCUT2D eigenvalue weighted by molar-refractivity contribution is 6.31. The van der Waals surface area contributed by atoms with Gasteiger partial charge in [0.15, 0.2) is 0 Å². The lowest BCUT2D eigenvalue weighted by Gasteiger charge is -2.11. The van der Waals surface area contributed by atoms with Gasteiger partial charge in [0, 0.05) is 34.9 Å². The minimum Gasteiger partial charge on any atom is -0.352 e. The van der Waals surface area contributed by atoms with E-state index in [0.717, 1.165) is 28.6 Å². The third kappa shape index (κ3) is 4.15. The first kappa shape index (κ1) is 17.4. The molecule has 5 heteroatoms. The molecule has 3 aromatic rings. The molecule has 4 nitrogen and oxygen atoms in total. The Kier molecular flexibility index (Phi) is 5.29. The number of halogens is 1. The molecule has 1 N–H and O–H groups in total. The summed E-state index contributed by atoms with van der Waals surface area (Å²) in [5, 5.41) is 4.33. The van der Waals surface area contributed by atoms with E-state index in [2.05, 4.69) is 29.1 Å². The number of carbonyl (C=O) groups is 1. The highest BCUT2D eigenvalue weighted by atomic mass is 35.5. The van der Waals surface area contributed by atoms with Gasteiger partial charge in [-0.05, 0) is 48.7 Å². The maximum atomic E-state index is 12.7. The molecule has 0 aliphatic heterocycles. The Morgan fingerprint density at radius 3 is 2.80 bits per heavy atom. The number of pyridine rings is 2. The number of amides is 1. The van der Waals surface area contributed by atoms with Gasteiger partial charge in [-0.2, -0.15) is 0 Å². The van der Waals surface area contributed by atoms with Crippen molar-refractivity contribution in [2.75, 3.05) is 6.54 Å². The van der Waals surface area contributed by atoms with Crippen molar-refractivity contribution < 1.29 is 4.79 Å². The highest BCUT2D eigenvalue weighted by Crippen LogP contribution is 2.26. The molecule has 128 valence electrons. The van der Waals surface area contributed by atoms with Crippen molar-refractivity contribution >= 4 is 28.4 Å². The van der Waals surface area contributed by atoms with E-state index in [9.17, 15) is 4.79 Å². The predicted molar refractivity (Wildman–Crippen MR) is 102 cm³/mol. The summed E-state index contributed by atoms with van der Waals surface area (Å²) in [7, 11) is 0. The lowest BCUT2D eigenvalue weighted by Crippen LogP contribution is -2.25. The SMILES string of the molecule is CC(C)CCNC(=O)c1cc(-c2cccnc2)nc2ccc(Cl)cc12. The van der Waals surface area contributed by atoms with Crippen LogP contribution in [0.4, 0.5) is 0 Å². The zero-order valence-electron chi connectivity index (χ0n) is 14.3. The van der Waals surface area contributed by atoms with Gasteiger partial charge in [0.25, 0.3) is 5.91 Å². The number of fused-ring (bicyclic) bond motifs is 1. The van der Waals surface area contributed by atoms with Crippen molar-refractivity contribution in [1.82, 2.24) is 15.3 Å². The van der Waals surface area contributed by atoms with Gasteiger partial charge in [0.1, 0.15) is 0 Å². The van der Waals surface area contributed by atoms with Crippen molar-refractivity contribution in [2.24, 2.45) is 5.92 Å². The molecule has 1 amide bonds. The smallest absolute Gasteiger partial charge is 0.252 e. The third-order valence-corrected chi connectivity index (χ3v) is 4.22. The van der Waals surface area contributed by atoms with Gasteiger partial charge in [0.2, 0.25) is 0 Å². The number of nitrogens with zero attached hydrogens (tertiary/aromatic N) is 2.